The molecule has 3 rings (SSSR count). The van der Waals surface area contributed by atoms with Crippen molar-refractivity contribution in [2.75, 3.05) is 0 Å². The van der Waals surface area contributed by atoms with Crippen LogP contribution in [0.2, 0.25) is 0 Å². The third-order valence-corrected chi connectivity index (χ3v) is 4.74. The molecule has 1 aromatic carbocycles. The first-order valence-electron chi connectivity index (χ1n) is 6.82. The second kappa shape index (κ2) is 4.61. The summed E-state index contributed by atoms with van der Waals surface area (Å²) in [6.07, 6.45) is 11.5. The third kappa shape index (κ3) is 1.99. The summed E-state index contributed by atoms with van der Waals surface area (Å²) in [6.45, 7) is 2.27. The van der Waals surface area contributed by atoms with E-state index in [2.05, 4.69) is 35.0 Å². The Hall–Kier alpha value is -0.560. The van der Waals surface area contributed by atoms with Crippen molar-refractivity contribution < 1.29 is 0 Å². The van der Waals surface area contributed by atoms with Crippen molar-refractivity contribution >= 4 is 22.0 Å². The minimum Gasteiger partial charge on any atom is -0.0652 e. The Kier molecular flexibility index (Phi) is 3.12. The fraction of sp³-hybridized carbons (Fsp3) is 0.500. The minimum atomic E-state index is 1.21. The Bertz CT molecular complexity index is 483. The van der Waals surface area contributed by atoms with E-state index >= 15 is 0 Å². The van der Waals surface area contributed by atoms with Gasteiger partial charge in [-0.25, -0.2) is 0 Å². The fourth-order valence-electron chi connectivity index (χ4n) is 3.29. The Morgan fingerprint density at radius 2 is 2.00 bits per heavy atom. The van der Waals surface area contributed by atoms with Crippen molar-refractivity contribution in [3.63, 3.8) is 0 Å². The molecule has 0 bridgehead atoms. The Morgan fingerprint density at radius 1 is 1.18 bits per heavy atom. The summed E-state index contributed by atoms with van der Waals surface area (Å²) in [5, 5.41) is 0. The van der Waals surface area contributed by atoms with Crippen molar-refractivity contribution in [3.8, 4) is 0 Å². The first-order valence-corrected chi connectivity index (χ1v) is 7.61. The molecule has 0 aliphatic heterocycles. The average Bonchev–Trinajstić information content (AvgIpc) is 2.74. The summed E-state index contributed by atoms with van der Waals surface area (Å²) < 4.78 is 1.32. The topological polar surface area (TPSA) is 0 Å². The second-order valence-electron chi connectivity index (χ2n) is 5.32. The van der Waals surface area contributed by atoms with Gasteiger partial charge in [0.05, 0.1) is 0 Å². The highest BCUT2D eigenvalue weighted by atomic mass is 79.9. The standard InChI is InChI=1S/C16H19Br/c1-2-5-11-8-14-13-7-4-3-6-12(13)10-16(17)15(14)9-11/h9-10H,2-8H2,1H3. The van der Waals surface area contributed by atoms with E-state index in [1.807, 2.05) is 0 Å². The highest BCUT2D eigenvalue weighted by Crippen LogP contribution is 2.39. The van der Waals surface area contributed by atoms with Gasteiger partial charge < -0.3 is 0 Å². The van der Waals surface area contributed by atoms with E-state index in [9.17, 15) is 0 Å². The molecule has 1 heteroatoms. The van der Waals surface area contributed by atoms with Crippen molar-refractivity contribution in [1.82, 2.24) is 0 Å². The predicted octanol–water partition coefficient (Wildman–Crippen LogP) is 5.07. The van der Waals surface area contributed by atoms with Crippen LogP contribution in [-0.2, 0) is 19.3 Å². The lowest BCUT2D eigenvalue weighted by atomic mass is 9.86. The van der Waals surface area contributed by atoms with Crippen LogP contribution < -0.4 is 0 Å². The number of hydrogen-bond donors (Lipinski definition) is 0. The number of hydrogen-bond acceptors (Lipinski definition) is 0. The highest BCUT2D eigenvalue weighted by Gasteiger charge is 2.22. The molecule has 17 heavy (non-hydrogen) atoms. The summed E-state index contributed by atoms with van der Waals surface area (Å²) in [5.74, 6) is 0. The molecular weight excluding hydrogens is 272 g/mol. The van der Waals surface area contributed by atoms with Gasteiger partial charge in [0.1, 0.15) is 0 Å². The van der Waals surface area contributed by atoms with Crippen LogP contribution in [-0.4, -0.2) is 0 Å². The average molecular weight is 291 g/mol. The van der Waals surface area contributed by atoms with Crippen LogP contribution in [0.1, 0.15) is 54.9 Å². The van der Waals surface area contributed by atoms with E-state index in [4.69, 9.17) is 0 Å². The molecule has 0 unspecified atom stereocenters. The van der Waals surface area contributed by atoms with Crippen LogP contribution >= 0.6 is 15.9 Å². The van der Waals surface area contributed by atoms with E-state index < -0.39 is 0 Å². The molecule has 0 saturated carbocycles. The molecule has 1 aromatic rings. The molecule has 0 N–H and O–H groups in total. The molecule has 0 atom stereocenters. The monoisotopic (exact) mass is 290 g/mol. The maximum atomic E-state index is 3.76. The molecular formula is C16H19Br. The lowest BCUT2D eigenvalue weighted by Crippen LogP contribution is -2.07. The van der Waals surface area contributed by atoms with Gasteiger partial charge in [0, 0.05) is 4.47 Å². The van der Waals surface area contributed by atoms with E-state index in [1.165, 1.54) is 55.0 Å². The van der Waals surface area contributed by atoms with E-state index in [-0.39, 0.29) is 0 Å². The molecule has 0 saturated heterocycles. The Labute approximate surface area is 112 Å². The van der Waals surface area contributed by atoms with Gasteiger partial charge >= 0.3 is 0 Å². The van der Waals surface area contributed by atoms with Crippen LogP contribution in [0.3, 0.4) is 0 Å². The van der Waals surface area contributed by atoms with Gasteiger partial charge in [-0.1, -0.05) is 40.9 Å². The van der Waals surface area contributed by atoms with Crippen LogP contribution in [0.25, 0.3) is 6.08 Å². The fourth-order valence-corrected chi connectivity index (χ4v) is 3.92. The molecule has 0 radical (unpaired) electrons. The van der Waals surface area contributed by atoms with Gasteiger partial charge in [-0.15, -0.1) is 0 Å². The van der Waals surface area contributed by atoms with Crippen molar-refractivity contribution in [2.45, 2.75) is 51.9 Å². The SMILES string of the molecule is CCCC1=Cc2c(Br)cc3c(c2C1)CCCC3. The zero-order chi connectivity index (χ0) is 11.8. The van der Waals surface area contributed by atoms with Crippen LogP contribution in [0, 0.1) is 0 Å². The zero-order valence-corrected chi connectivity index (χ0v) is 12.1. The number of halogens is 1. The van der Waals surface area contributed by atoms with Crippen molar-refractivity contribution in [3.05, 3.63) is 38.4 Å². The Balaban J connectivity index is 2.05. The molecule has 2 aliphatic rings. The maximum Gasteiger partial charge on any atom is 0.0253 e. The number of benzene rings is 1. The number of aryl methyl sites for hydroxylation is 1. The molecule has 0 amide bonds. The normalized spacial score (nSPS) is 17.6. The van der Waals surface area contributed by atoms with Gasteiger partial charge in [-0.05, 0) is 66.8 Å². The molecule has 90 valence electrons. The summed E-state index contributed by atoms with van der Waals surface area (Å²) in [4.78, 5) is 0. The highest BCUT2D eigenvalue weighted by molar-refractivity contribution is 9.10. The maximum absolute atomic E-state index is 3.76. The predicted molar refractivity (Wildman–Crippen MR) is 77.4 cm³/mol. The van der Waals surface area contributed by atoms with E-state index in [0.717, 1.165) is 0 Å². The quantitative estimate of drug-likeness (QED) is 0.714. The molecule has 0 aromatic heterocycles. The molecule has 0 fully saturated rings. The Morgan fingerprint density at radius 3 is 2.82 bits per heavy atom. The smallest absolute Gasteiger partial charge is 0.0253 e. The lowest BCUT2D eigenvalue weighted by Gasteiger charge is -2.20. The van der Waals surface area contributed by atoms with Gasteiger partial charge in [0.2, 0.25) is 0 Å². The second-order valence-corrected chi connectivity index (χ2v) is 6.18. The zero-order valence-electron chi connectivity index (χ0n) is 10.5. The summed E-state index contributed by atoms with van der Waals surface area (Å²) in [5.41, 5.74) is 8.03. The molecule has 2 aliphatic carbocycles. The molecule has 0 spiro atoms. The van der Waals surface area contributed by atoms with E-state index in [1.54, 1.807) is 22.3 Å². The molecule has 0 nitrogen and oxygen atoms in total. The first kappa shape index (κ1) is 11.5. The summed E-state index contributed by atoms with van der Waals surface area (Å²) in [7, 11) is 0. The van der Waals surface area contributed by atoms with Gasteiger partial charge in [-0.2, -0.15) is 0 Å². The van der Waals surface area contributed by atoms with Crippen LogP contribution in [0.4, 0.5) is 0 Å². The van der Waals surface area contributed by atoms with Crippen molar-refractivity contribution in [2.24, 2.45) is 0 Å². The van der Waals surface area contributed by atoms with Crippen LogP contribution in [0.15, 0.2) is 16.1 Å². The number of allylic oxidation sites excluding steroid dienone is 1. The molecule has 0 heterocycles. The van der Waals surface area contributed by atoms with Crippen LogP contribution in [0.5, 0.6) is 0 Å². The van der Waals surface area contributed by atoms with Crippen molar-refractivity contribution in [1.29, 1.82) is 0 Å². The van der Waals surface area contributed by atoms with Gasteiger partial charge in [-0.3, -0.25) is 0 Å². The largest absolute Gasteiger partial charge is 0.0652 e. The van der Waals surface area contributed by atoms with Gasteiger partial charge in [0.15, 0.2) is 0 Å². The lowest BCUT2D eigenvalue weighted by molar-refractivity contribution is 0.679. The minimum absolute atomic E-state index is 1.21. The first-order chi connectivity index (χ1) is 8.29. The van der Waals surface area contributed by atoms with E-state index in [0.29, 0.717) is 0 Å². The number of fused-ring (bicyclic) bond motifs is 3. The third-order valence-electron chi connectivity index (χ3n) is 4.08. The summed E-state index contributed by atoms with van der Waals surface area (Å²) >= 11 is 3.76. The number of rotatable bonds is 2. The van der Waals surface area contributed by atoms with Gasteiger partial charge in [0.25, 0.3) is 0 Å². The summed E-state index contributed by atoms with van der Waals surface area (Å²) in [6, 6.07) is 2.37.